The van der Waals surface area contributed by atoms with Crippen molar-refractivity contribution in [2.45, 2.75) is 38.5 Å². The number of aromatic nitrogens is 3. The minimum atomic E-state index is -4.71. The van der Waals surface area contributed by atoms with Crippen molar-refractivity contribution in [1.29, 1.82) is 0 Å². The number of pyridine rings is 1. The van der Waals surface area contributed by atoms with Gasteiger partial charge in [0.1, 0.15) is 17.3 Å². The number of hydrogen-bond donors (Lipinski definition) is 1. The summed E-state index contributed by atoms with van der Waals surface area (Å²) in [5.74, 6) is -2.92. The van der Waals surface area contributed by atoms with Gasteiger partial charge in [-0.2, -0.15) is 18.3 Å². The summed E-state index contributed by atoms with van der Waals surface area (Å²) < 4.78 is 107. The van der Waals surface area contributed by atoms with Gasteiger partial charge in [-0.1, -0.05) is 19.1 Å². The highest BCUT2D eigenvalue weighted by molar-refractivity contribution is 7.74. The Balaban J connectivity index is 1.43. The predicted octanol–water partition coefficient (Wildman–Crippen LogP) is 5.86. The number of rotatable bonds is 13. The van der Waals surface area contributed by atoms with E-state index in [4.69, 9.17) is 9.47 Å². The Hall–Kier alpha value is -4.74. The number of halogens is 5. The van der Waals surface area contributed by atoms with E-state index in [1.165, 1.54) is 53.8 Å². The summed E-state index contributed by atoms with van der Waals surface area (Å²) in [6, 6.07) is 8.65. The van der Waals surface area contributed by atoms with Crippen LogP contribution in [0.4, 0.5) is 22.0 Å². The second kappa shape index (κ2) is 15.0. The van der Waals surface area contributed by atoms with Gasteiger partial charge < -0.3 is 23.2 Å². The van der Waals surface area contributed by atoms with Crippen molar-refractivity contribution in [3.63, 3.8) is 0 Å². The van der Waals surface area contributed by atoms with Gasteiger partial charge >= 0.3 is 12.1 Å². The molecule has 48 heavy (non-hydrogen) atoms. The molecule has 1 aliphatic rings. The molecule has 0 amide bonds. The van der Waals surface area contributed by atoms with E-state index in [2.05, 4.69) is 24.2 Å². The summed E-state index contributed by atoms with van der Waals surface area (Å²) in [6.07, 6.45) is -1.54. The number of alkyl halides is 3. The van der Waals surface area contributed by atoms with Crippen LogP contribution in [0.15, 0.2) is 59.8 Å². The lowest BCUT2D eigenvalue weighted by Crippen LogP contribution is -2.33. The van der Waals surface area contributed by atoms with Gasteiger partial charge in [0.2, 0.25) is 0 Å². The van der Waals surface area contributed by atoms with E-state index >= 15 is 0 Å². The van der Waals surface area contributed by atoms with Crippen LogP contribution in [0.2, 0.25) is 0 Å². The fourth-order valence-electron chi connectivity index (χ4n) is 4.84. The van der Waals surface area contributed by atoms with Crippen LogP contribution in [0, 0.1) is 11.6 Å². The first-order valence-corrected chi connectivity index (χ1v) is 15.5. The Kier molecular flexibility index (Phi) is 10.8. The van der Waals surface area contributed by atoms with Crippen LogP contribution in [0.5, 0.6) is 5.75 Å². The SMILES string of the molecule is CCCOc1ccc(-c2ccc(C(C(=O)OCCCOS(=O)[O-])N3Cc4[nH]c(-c5cccc(F)c5F)nc4C=N3)cn2)c(C(F)(F)F)c1. The molecule has 5 rings (SSSR count). The zero-order valence-corrected chi connectivity index (χ0v) is 25.9. The molecule has 0 spiro atoms. The highest BCUT2D eigenvalue weighted by atomic mass is 32.2. The second-order valence-electron chi connectivity index (χ2n) is 10.4. The van der Waals surface area contributed by atoms with E-state index < -0.39 is 46.7 Å². The molecule has 0 radical (unpaired) electrons. The number of esters is 1. The highest BCUT2D eigenvalue weighted by Crippen LogP contribution is 2.39. The lowest BCUT2D eigenvalue weighted by molar-refractivity contribution is -0.151. The lowest BCUT2D eigenvalue weighted by Gasteiger charge is -2.29. The maximum Gasteiger partial charge on any atom is 0.417 e. The summed E-state index contributed by atoms with van der Waals surface area (Å²) >= 11 is -2.74. The van der Waals surface area contributed by atoms with Crippen LogP contribution in [-0.2, 0) is 37.8 Å². The van der Waals surface area contributed by atoms with Gasteiger partial charge in [-0.25, -0.2) is 22.8 Å². The maximum absolute atomic E-state index is 14.5. The minimum Gasteiger partial charge on any atom is -0.750 e. The predicted molar refractivity (Wildman–Crippen MR) is 161 cm³/mol. The molecule has 0 bridgehead atoms. The van der Waals surface area contributed by atoms with E-state index in [1.807, 2.05) is 6.92 Å². The van der Waals surface area contributed by atoms with Crippen molar-refractivity contribution >= 4 is 23.5 Å². The molecule has 0 aliphatic carbocycles. The minimum absolute atomic E-state index is 0.0252. The van der Waals surface area contributed by atoms with Crippen molar-refractivity contribution in [3.8, 4) is 28.4 Å². The number of benzene rings is 2. The van der Waals surface area contributed by atoms with Crippen LogP contribution in [0.1, 0.15) is 48.3 Å². The van der Waals surface area contributed by atoms with Gasteiger partial charge in [0, 0.05) is 23.7 Å². The third-order valence-electron chi connectivity index (χ3n) is 7.05. The Labute approximate surface area is 273 Å². The van der Waals surface area contributed by atoms with E-state index in [1.54, 1.807) is 0 Å². The standard InChI is InChI=1S/C31H28F5N5O6S/c1-2-11-45-19-8-9-20(22(14-19)31(34,35)36)24-10-7-18(15-37-24)28(30(42)46-12-4-13-47-48(43)44)41-17-26-25(16-38-41)39-29(40-26)21-5-3-6-23(32)27(21)33/h3,5-10,14-16,28H,2,4,11-13,17H2,1H3,(H,39,40)(H,43,44)/p-1. The number of carbonyl (C=O) groups excluding carboxylic acids is 1. The first kappa shape index (κ1) is 34.6. The topological polar surface area (TPSA) is 142 Å². The number of nitrogens with one attached hydrogen (secondary N) is 1. The smallest absolute Gasteiger partial charge is 0.417 e. The number of H-pyrrole nitrogens is 1. The van der Waals surface area contributed by atoms with E-state index in [-0.39, 0.29) is 66.7 Å². The summed E-state index contributed by atoms with van der Waals surface area (Å²) in [5, 5.41) is 5.61. The number of ether oxygens (including phenoxy) is 2. The number of hydrogen-bond acceptors (Lipinski definition) is 10. The average Bonchev–Trinajstić information content (AvgIpc) is 3.48. The highest BCUT2D eigenvalue weighted by Gasteiger charge is 2.36. The van der Waals surface area contributed by atoms with Crippen LogP contribution in [0.3, 0.4) is 0 Å². The third-order valence-corrected chi connectivity index (χ3v) is 7.41. The Morgan fingerprint density at radius 2 is 1.92 bits per heavy atom. The van der Waals surface area contributed by atoms with Gasteiger partial charge in [0.25, 0.3) is 0 Å². The molecule has 11 nitrogen and oxygen atoms in total. The van der Waals surface area contributed by atoms with Crippen LogP contribution >= 0.6 is 0 Å². The summed E-state index contributed by atoms with van der Waals surface area (Å²) in [6.45, 7) is 1.51. The number of imidazole rings is 1. The van der Waals surface area contributed by atoms with Crippen LogP contribution in [-0.4, -0.2) is 60.7 Å². The fourth-order valence-corrected chi connectivity index (χ4v) is 5.09. The largest absolute Gasteiger partial charge is 0.750 e. The molecule has 0 saturated heterocycles. The first-order chi connectivity index (χ1) is 23.0. The molecule has 2 aromatic heterocycles. The van der Waals surface area contributed by atoms with Crippen molar-refractivity contribution in [3.05, 3.63) is 88.9 Å². The number of nitrogens with zero attached hydrogens (tertiary/aromatic N) is 4. The Bertz CT molecular complexity index is 1820. The normalized spacial score (nSPS) is 14.0. The number of fused-ring (bicyclic) bond motifs is 1. The number of aromatic amines is 1. The molecular weight excluding hydrogens is 665 g/mol. The lowest BCUT2D eigenvalue weighted by atomic mass is 10.0. The van der Waals surface area contributed by atoms with Gasteiger partial charge in [-0.15, -0.1) is 0 Å². The van der Waals surface area contributed by atoms with Crippen LogP contribution in [0.25, 0.3) is 22.6 Å². The van der Waals surface area contributed by atoms with Crippen molar-refractivity contribution in [1.82, 2.24) is 20.0 Å². The van der Waals surface area contributed by atoms with Crippen molar-refractivity contribution in [2.24, 2.45) is 5.10 Å². The quantitative estimate of drug-likeness (QED) is 0.0789. The summed E-state index contributed by atoms with van der Waals surface area (Å²) in [4.78, 5) is 24.9. The van der Waals surface area contributed by atoms with E-state index in [0.717, 1.165) is 12.1 Å². The molecule has 254 valence electrons. The van der Waals surface area contributed by atoms with Gasteiger partial charge in [0.05, 0.1) is 66.5 Å². The van der Waals surface area contributed by atoms with Gasteiger partial charge in [0.15, 0.2) is 17.7 Å². The number of hydrazone groups is 1. The van der Waals surface area contributed by atoms with E-state index in [9.17, 15) is 35.5 Å². The third kappa shape index (κ3) is 8.03. The number of carbonyl (C=O) groups is 1. The fraction of sp³-hybridized carbons (Fsp3) is 0.290. The monoisotopic (exact) mass is 692 g/mol. The summed E-state index contributed by atoms with van der Waals surface area (Å²) in [5.41, 5.74) is -0.396. The molecule has 17 heteroatoms. The molecular formula is C31H27F5N5O6S-. The average molecular weight is 693 g/mol. The molecule has 1 N–H and O–H groups in total. The van der Waals surface area contributed by atoms with Gasteiger partial charge in [-0.05, 0) is 42.8 Å². The second-order valence-corrected chi connectivity index (χ2v) is 11.0. The Morgan fingerprint density at radius 3 is 2.62 bits per heavy atom. The molecule has 2 aromatic carbocycles. The molecule has 1 aliphatic heterocycles. The van der Waals surface area contributed by atoms with Gasteiger partial charge in [-0.3, -0.25) is 9.99 Å². The molecule has 0 fully saturated rings. The molecule has 2 unspecified atom stereocenters. The van der Waals surface area contributed by atoms with Crippen LogP contribution < -0.4 is 4.74 Å². The molecule has 4 aromatic rings. The zero-order chi connectivity index (χ0) is 34.4. The molecule has 0 saturated carbocycles. The van der Waals surface area contributed by atoms with Crippen molar-refractivity contribution in [2.75, 3.05) is 19.8 Å². The maximum atomic E-state index is 14.5. The molecule has 3 heterocycles. The van der Waals surface area contributed by atoms with Crippen molar-refractivity contribution < 1.29 is 49.2 Å². The Morgan fingerprint density at radius 1 is 1.10 bits per heavy atom. The van der Waals surface area contributed by atoms with E-state index in [0.29, 0.717) is 17.8 Å². The molecule has 2 atom stereocenters. The summed E-state index contributed by atoms with van der Waals surface area (Å²) in [7, 11) is 0. The zero-order valence-electron chi connectivity index (χ0n) is 25.1. The first-order valence-electron chi connectivity index (χ1n) is 14.5.